The molecule has 1 aliphatic rings. The molecule has 0 spiro atoms. The summed E-state index contributed by atoms with van der Waals surface area (Å²) in [6.07, 6.45) is 1.66. The average Bonchev–Trinajstić information content (AvgIpc) is 2.98. The second-order valence-electron chi connectivity index (χ2n) is 6.46. The van der Waals surface area contributed by atoms with Crippen molar-refractivity contribution >= 4 is 23.7 Å². The van der Waals surface area contributed by atoms with Gasteiger partial charge in [0.05, 0.1) is 13.7 Å². The lowest BCUT2D eigenvalue weighted by Gasteiger charge is -2.22. The highest BCUT2D eigenvalue weighted by molar-refractivity contribution is 6.14. The van der Waals surface area contributed by atoms with Gasteiger partial charge in [0.15, 0.2) is 0 Å². The van der Waals surface area contributed by atoms with Crippen molar-refractivity contribution in [1.82, 2.24) is 10.2 Å². The highest BCUT2D eigenvalue weighted by atomic mass is 16.5. The molecule has 28 heavy (non-hydrogen) atoms. The molecule has 2 aromatic carbocycles. The van der Waals surface area contributed by atoms with Gasteiger partial charge >= 0.3 is 6.03 Å². The molecule has 0 saturated carbocycles. The number of nitrogens with zero attached hydrogens (tertiary/aromatic N) is 2. The number of rotatable bonds is 7. The first-order valence-corrected chi connectivity index (χ1v) is 9.38. The summed E-state index contributed by atoms with van der Waals surface area (Å²) in [5.41, 5.74) is 2.93. The second kappa shape index (κ2) is 8.61. The summed E-state index contributed by atoms with van der Waals surface area (Å²) >= 11 is 0. The van der Waals surface area contributed by atoms with Crippen LogP contribution in [0.4, 0.5) is 10.5 Å². The minimum Gasteiger partial charge on any atom is -0.496 e. The molecule has 0 bridgehead atoms. The van der Waals surface area contributed by atoms with E-state index in [0.717, 1.165) is 29.9 Å². The van der Waals surface area contributed by atoms with Crippen LogP contribution >= 0.6 is 0 Å². The van der Waals surface area contributed by atoms with Gasteiger partial charge in [0.1, 0.15) is 11.4 Å². The van der Waals surface area contributed by atoms with Crippen molar-refractivity contribution in [2.24, 2.45) is 0 Å². The predicted octanol–water partition coefficient (Wildman–Crippen LogP) is 3.63. The molecular formula is C22H25N3O3. The van der Waals surface area contributed by atoms with E-state index < -0.39 is 6.03 Å². The normalized spacial score (nSPS) is 15.1. The molecule has 1 fully saturated rings. The van der Waals surface area contributed by atoms with Crippen molar-refractivity contribution in [3.05, 3.63) is 65.4 Å². The van der Waals surface area contributed by atoms with Crippen molar-refractivity contribution in [1.29, 1.82) is 0 Å². The number of carbonyl (C=O) groups is 2. The van der Waals surface area contributed by atoms with Crippen molar-refractivity contribution in [3.63, 3.8) is 0 Å². The Hall–Kier alpha value is -3.28. The molecule has 0 atom stereocenters. The Morgan fingerprint density at radius 3 is 2.43 bits per heavy atom. The van der Waals surface area contributed by atoms with Crippen molar-refractivity contribution < 1.29 is 14.3 Å². The maximum Gasteiger partial charge on any atom is 0.329 e. The third-order valence-corrected chi connectivity index (χ3v) is 4.79. The summed E-state index contributed by atoms with van der Waals surface area (Å²) in [5, 5.41) is 2.67. The fraction of sp³-hybridized carbons (Fsp3) is 0.273. The highest BCUT2D eigenvalue weighted by Crippen LogP contribution is 2.28. The molecule has 1 saturated heterocycles. The molecule has 6 nitrogen and oxygen atoms in total. The maximum absolute atomic E-state index is 12.7. The predicted molar refractivity (Wildman–Crippen MR) is 110 cm³/mol. The largest absolute Gasteiger partial charge is 0.496 e. The SMILES string of the molecule is CCN(CC)c1ccc(/C=C2/NC(=O)N(Cc3ccccc3)C2=O)c(OC)c1. The summed E-state index contributed by atoms with van der Waals surface area (Å²) in [4.78, 5) is 28.4. The number of methoxy groups -OCH3 is 1. The van der Waals surface area contributed by atoms with Gasteiger partial charge in [-0.2, -0.15) is 0 Å². The fourth-order valence-electron chi connectivity index (χ4n) is 3.24. The minimum absolute atomic E-state index is 0.237. The molecule has 146 valence electrons. The minimum atomic E-state index is -0.418. The molecule has 0 aromatic heterocycles. The Kier molecular flexibility index (Phi) is 5.99. The van der Waals surface area contributed by atoms with Crippen LogP contribution in [0.15, 0.2) is 54.2 Å². The summed E-state index contributed by atoms with van der Waals surface area (Å²) in [6, 6.07) is 14.9. The zero-order chi connectivity index (χ0) is 20.1. The molecule has 0 unspecified atom stereocenters. The van der Waals surface area contributed by atoms with Gasteiger partial charge in [-0.3, -0.25) is 9.69 Å². The standard InChI is InChI=1S/C22H25N3O3/c1-4-24(5-2)18-12-11-17(20(14-18)28-3)13-19-21(26)25(22(27)23-19)15-16-9-7-6-8-10-16/h6-14H,4-5,15H2,1-3H3,(H,23,27)/b19-13+. The lowest BCUT2D eigenvalue weighted by atomic mass is 10.1. The molecule has 2 aromatic rings. The summed E-state index contributed by atoms with van der Waals surface area (Å²) in [5.74, 6) is 0.309. The zero-order valence-corrected chi connectivity index (χ0v) is 16.4. The quantitative estimate of drug-likeness (QED) is 0.589. The first-order chi connectivity index (χ1) is 13.6. The maximum atomic E-state index is 12.7. The molecule has 0 aliphatic carbocycles. The zero-order valence-electron chi connectivity index (χ0n) is 16.4. The molecule has 0 radical (unpaired) electrons. The fourth-order valence-corrected chi connectivity index (χ4v) is 3.24. The molecule has 1 aliphatic heterocycles. The lowest BCUT2D eigenvalue weighted by Crippen LogP contribution is -2.30. The van der Waals surface area contributed by atoms with Crippen molar-refractivity contribution in [3.8, 4) is 5.75 Å². The van der Waals surface area contributed by atoms with Gasteiger partial charge in [-0.05, 0) is 37.6 Å². The number of benzene rings is 2. The van der Waals surface area contributed by atoms with Crippen LogP contribution in [0.5, 0.6) is 5.75 Å². The van der Waals surface area contributed by atoms with Crippen LogP contribution in [0.25, 0.3) is 6.08 Å². The Balaban J connectivity index is 1.85. The van der Waals surface area contributed by atoms with E-state index in [1.165, 1.54) is 4.90 Å². The lowest BCUT2D eigenvalue weighted by molar-refractivity contribution is -0.123. The molecule has 3 rings (SSSR count). The van der Waals surface area contributed by atoms with Crippen LogP contribution in [0.1, 0.15) is 25.0 Å². The summed E-state index contributed by atoms with van der Waals surface area (Å²) in [6.45, 7) is 6.22. The number of anilines is 1. The van der Waals surface area contributed by atoms with E-state index in [4.69, 9.17) is 4.74 Å². The number of nitrogens with one attached hydrogen (secondary N) is 1. The third kappa shape index (κ3) is 4.01. The monoisotopic (exact) mass is 379 g/mol. The third-order valence-electron chi connectivity index (χ3n) is 4.79. The van der Waals surface area contributed by atoms with Crippen LogP contribution in [0.3, 0.4) is 0 Å². The van der Waals surface area contributed by atoms with Crippen molar-refractivity contribution in [2.45, 2.75) is 20.4 Å². The van der Waals surface area contributed by atoms with Gasteiger partial charge in [-0.15, -0.1) is 0 Å². The average molecular weight is 379 g/mol. The summed E-state index contributed by atoms with van der Waals surface area (Å²) < 4.78 is 5.51. The Labute approximate surface area is 165 Å². The van der Waals surface area contributed by atoms with Gasteiger partial charge in [-0.25, -0.2) is 4.79 Å². The number of hydrogen-bond donors (Lipinski definition) is 1. The number of hydrogen-bond acceptors (Lipinski definition) is 4. The smallest absolute Gasteiger partial charge is 0.329 e. The molecular weight excluding hydrogens is 354 g/mol. The number of imide groups is 1. The Bertz CT molecular complexity index is 889. The van der Waals surface area contributed by atoms with Crippen molar-refractivity contribution in [2.75, 3.05) is 25.1 Å². The van der Waals surface area contributed by atoms with E-state index >= 15 is 0 Å². The van der Waals surface area contributed by atoms with E-state index in [0.29, 0.717) is 5.75 Å². The first-order valence-electron chi connectivity index (χ1n) is 9.38. The van der Waals surface area contributed by atoms with Gasteiger partial charge in [0.25, 0.3) is 5.91 Å². The van der Waals surface area contributed by atoms with E-state index in [1.807, 2.05) is 48.5 Å². The van der Waals surface area contributed by atoms with E-state index in [1.54, 1.807) is 13.2 Å². The number of amides is 3. The number of ether oxygens (including phenoxy) is 1. The van der Waals surface area contributed by atoms with Gasteiger partial charge < -0.3 is 15.0 Å². The van der Waals surface area contributed by atoms with Crippen LogP contribution in [-0.2, 0) is 11.3 Å². The van der Waals surface area contributed by atoms with Crippen LogP contribution in [0.2, 0.25) is 0 Å². The highest BCUT2D eigenvalue weighted by Gasteiger charge is 2.33. The van der Waals surface area contributed by atoms with Gasteiger partial charge in [-0.1, -0.05) is 30.3 Å². The van der Waals surface area contributed by atoms with Crippen LogP contribution < -0.4 is 15.0 Å². The molecule has 6 heteroatoms. The number of urea groups is 1. The van der Waals surface area contributed by atoms with E-state index in [2.05, 4.69) is 24.1 Å². The molecule has 1 heterocycles. The topological polar surface area (TPSA) is 61.9 Å². The van der Waals surface area contributed by atoms with E-state index in [9.17, 15) is 9.59 Å². The van der Waals surface area contributed by atoms with Crippen LogP contribution in [-0.4, -0.2) is 37.0 Å². The van der Waals surface area contributed by atoms with E-state index in [-0.39, 0.29) is 18.1 Å². The second-order valence-corrected chi connectivity index (χ2v) is 6.46. The molecule has 3 amide bonds. The van der Waals surface area contributed by atoms with Crippen LogP contribution in [0, 0.1) is 0 Å². The first kappa shape index (κ1) is 19.5. The number of carbonyl (C=O) groups excluding carboxylic acids is 2. The Morgan fingerprint density at radius 1 is 1.07 bits per heavy atom. The summed E-state index contributed by atoms with van der Waals surface area (Å²) in [7, 11) is 1.60. The van der Waals surface area contributed by atoms with Gasteiger partial charge in [0.2, 0.25) is 0 Å². The van der Waals surface area contributed by atoms with Gasteiger partial charge in [0, 0.05) is 30.4 Å². The molecule has 1 N–H and O–H groups in total. The Morgan fingerprint density at radius 2 is 1.79 bits per heavy atom.